The molecule has 2 aromatic carbocycles. The summed E-state index contributed by atoms with van der Waals surface area (Å²) in [5.41, 5.74) is 2.24. The van der Waals surface area contributed by atoms with Crippen LogP contribution in [-0.2, 0) is 16.1 Å². The number of rotatable bonds is 6. The molecule has 0 amide bonds. The number of fused-ring (bicyclic) bond motifs is 2. The molecule has 2 N–H and O–H groups in total. The summed E-state index contributed by atoms with van der Waals surface area (Å²) < 4.78 is 6.14. The van der Waals surface area contributed by atoms with E-state index in [9.17, 15) is 9.90 Å². The Labute approximate surface area is 163 Å². The molecule has 2 aromatic heterocycles. The lowest BCUT2D eigenvalue weighted by Gasteiger charge is -2.29. The van der Waals surface area contributed by atoms with E-state index in [0.29, 0.717) is 0 Å². The lowest BCUT2D eigenvalue weighted by Crippen LogP contribution is -2.33. The molecule has 1 atom stereocenters. The number of hydrogen-bond donors (Lipinski definition) is 2. The Bertz CT molecular complexity index is 1110. The average Bonchev–Trinajstić information content (AvgIpc) is 3.11. The number of ether oxygens (including phenoxy) is 1. The summed E-state index contributed by atoms with van der Waals surface area (Å²) >= 11 is 0. The van der Waals surface area contributed by atoms with Crippen molar-refractivity contribution in [2.45, 2.75) is 26.6 Å². The number of carboxylic acids is 1. The molecule has 4 aromatic rings. The first-order valence-electron chi connectivity index (χ1n) is 9.22. The van der Waals surface area contributed by atoms with E-state index in [4.69, 9.17) is 4.74 Å². The minimum Gasteiger partial charge on any atom is -0.481 e. The van der Waals surface area contributed by atoms with Gasteiger partial charge >= 0.3 is 5.97 Å². The molecule has 5 nitrogen and oxygen atoms in total. The predicted octanol–water partition coefficient (Wildman–Crippen LogP) is 5.08. The first-order valence-corrected chi connectivity index (χ1v) is 9.22. The molecule has 0 aliphatic heterocycles. The van der Waals surface area contributed by atoms with Crippen molar-refractivity contribution in [1.29, 1.82) is 0 Å². The number of benzene rings is 2. The topological polar surface area (TPSA) is 75.2 Å². The molecule has 5 heteroatoms. The maximum Gasteiger partial charge on any atom is 0.312 e. The summed E-state index contributed by atoms with van der Waals surface area (Å²) in [7, 11) is 0. The van der Waals surface area contributed by atoms with Crippen molar-refractivity contribution in [3.8, 4) is 0 Å². The van der Waals surface area contributed by atoms with Crippen LogP contribution in [0, 0.1) is 5.41 Å². The molecule has 0 aliphatic rings. The zero-order valence-corrected chi connectivity index (χ0v) is 15.8. The number of para-hydroxylation sites is 2. The SMILES string of the molecule is CC(C)(C(=O)O)C(OCc1ccc2ccccc2n1)c1cc2ccccc2[nH]1. The molecule has 0 saturated carbocycles. The summed E-state index contributed by atoms with van der Waals surface area (Å²) in [6, 6.07) is 21.6. The Morgan fingerprint density at radius 3 is 2.54 bits per heavy atom. The summed E-state index contributed by atoms with van der Waals surface area (Å²) in [5.74, 6) is -0.914. The summed E-state index contributed by atoms with van der Waals surface area (Å²) in [6.07, 6.45) is -0.648. The van der Waals surface area contributed by atoms with Crippen molar-refractivity contribution < 1.29 is 14.6 Å². The van der Waals surface area contributed by atoms with Gasteiger partial charge in [0, 0.05) is 16.6 Å². The first kappa shape index (κ1) is 18.2. The van der Waals surface area contributed by atoms with Gasteiger partial charge in [-0.2, -0.15) is 0 Å². The number of aromatic nitrogens is 2. The molecule has 142 valence electrons. The van der Waals surface area contributed by atoms with Crippen LogP contribution in [0.5, 0.6) is 0 Å². The molecule has 0 aliphatic carbocycles. The van der Waals surface area contributed by atoms with Gasteiger partial charge in [-0.25, -0.2) is 0 Å². The minimum absolute atomic E-state index is 0.224. The van der Waals surface area contributed by atoms with Crippen molar-refractivity contribution in [2.75, 3.05) is 0 Å². The zero-order chi connectivity index (χ0) is 19.7. The third kappa shape index (κ3) is 3.37. The normalized spacial score (nSPS) is 13.1. The van der Waals surface area contributed by atoms with E-state index in [1.54, 1.807) is 13.8 Å². The first-order chi connectivity index (χ1) is 13.4. The van der Waals surface area contributed by atoms with Crippen molar-refractivity contribution >= 4 is 27.8 Å². The fourth-order valence-electron chi connectivity index (χ4n) is 3.39. The van der Waals surface area contributed by atoms with E-state index in [1.807, 2.05) is 66.7 Å². The number of carbonyl (C=O) groups is 1. The van der Waals surface area contributed by atoms with Gasteiger partial charge in [0.25, 0.3) is 0 Å². The van der Waals surface area contributed by atoms with Gasteiger partial charge in [0.15, 0.2) is 0 Å². The minimum atomic E-state index is -1.11. The Kier molecular flexibility index (Phi) is 4.61. The zero-order valence-electron chi connectivity index (χ0n) is 15.8. The summed E-state index contributed by atoms with van der Waals surface area (Å²) in [5, 5.41) is 11.9. The van der Waals surface area contributed by atoms with E-state index in [1.165, 1.54) is 0 Å². The van der Waals surface area contributed by atoms with E-state index in [-0.39, 0.29) is 6.61 Å². The highest BCUT2D eigenvalue weighted by Gasteiger charge is 2.40. The Balaban J connectivity index is 1.66. The van der Waals surface area contributed by atoms with Crippen LogP contribution >= 0.6 is 0 Å². The van der Waals surface area contributed by atoms with Crippen molar-refractivity contribution in [1.82, 2.24) is 9.97 Å². The predicted molar refractivity (Wildman–Crippen MR) is 109 cm³/mol. The monoisotopic (exact) mass is 374 g/mol. The van der Waals surface area contributed by atoms with Gasteiger partial charge in [-0.3, -0.25) is 9.78 Å². The van der Waals surface area contributed by atoms with Gasteiger partial charge in [0.05, 0.1) is 23.2 Å². The number of nitrogens with zero attached hydrogens (tertiary/aromatic N) is 1. The number of H-pyrrole nitrogens is 1. The van der Waals surface area contributed by atoms with Crippen LogP contribution in [0.1, 0.15) is 31.3 Å². The van der Waals surface area contributed by atoms with Crippen LogP contribution in [0.4, 0.5) is 0 Å². The number of aromatic amines is 1. The lowest BCUT2D eigenvalue weighted by molar-refractivity contribution is -0.158. The third-order valence-corrected chi connectivity index (χ3v) is 5.09. The second-order valence-corrected chi connectivity index (χ2v) is 7.53. The number of aliphatic carboxylic acids is 1. The number of pyridine rings is 1. The highest BCUT2D eigenvalue weighted by atomic mass is 16.5. The van der Waals surface area contributed by atoms with Gasteiger partial charge in [0.1, 0.15) is 6.10 Å². The molecular weight excluding hydrogens is 352 g/mol. The maximum absolute atomic E-state index is 11.9. The fourth-order valence-corrected chi connectivity index (χ4v) is 3.39. The smallest absolute Gasteiger partial charge is 0.312 e. The van der Waals surface area contributed by atoms with Gasteiger partial charge < -0.3 is 14.8 Å². The van der Waals surface area contributed by atoms with Crippen molar-refractivity contribution in [2.24, 2.45) is 5.41 Å². The molecule has 0 spiro atoms. The number of nitrogens with one attached hydrogen (secondary N) is 1. The highest BCUT2D eigenvalue weighted by Crippen LogP contribution is 2.38. The molecule has 0 bridgehead atoms. The molecule has 0 fully saturated rings. The van der Waals surface area contributed by atoms with Crippen LogP contribution in [0.25, 0.3) is 21.8 Å². The highest BCUT2D eigenvalue weighted by molar-refractivity contribution is 5.81. The number of hydrogen-bond acceptors (Lipinski definition) is 3. The second-order valence-electron chi connectivity index (χ2n) is 7.53. The van der Waals surface area contributed by atoms with Crippen LogP contribution in [0.15, 0.2) is 66.7 Å². The third-order valence-electron chi connectivity index (χ3n) is 5.09. The van der Waals surface area contributed by atoms with Crippen LogP contribution in [0.2, 0.25) is 0 Å². The molecule has 0 saturated heterocycles. The Hall–Kier alpha value is -3.18. The Morgan fingerprint density at radius 1 is 1.07 bits per heavy atom. The van der Waals surface area contributed by atoms with E-state index in [0.717, 1.165) is 33.2 Å². The standard InChI is InChI=1S/C23H22N2O3/c1-23(2,22(26)27)21(20-13-16-8-4-6-10-19(16)25-20)28-14-17-12-11-15-7-3-5-9-18(15)24-17/h3-13,21,25H,14H2,1-2H3,(H,26,27). The van der Waals surface area contributed by atoms with Crippen LogP contribution in [0.3, 0.4) is 0 Å². The van der Waals surface area contributed by atoms with E-state index < -0.39 is 17.5 Å². The summed E-state index contributed by atoms with van der Waals surface area (Å²) in [4.78, 5) is 19.9. The van der Waals surface area contributed by atoms with Gasteiger partial charge in [-0.15, -0.1) is 0 Å². The van der Waals surface area contributed by atoms with Crippen LogP contribution < -0.4 is 0 Å². The Morgan fingerprint density at radius 2 is 1.79 bits per heavy atom. The van der Waals surface area contributed by atoms with E-state index >= 15 is 0 Å². The van der Waals surface area contributed by atoms with Crippen molar-refractivity contribution in [3.05, 3.63) is 78.1 Å². The quantitative estimate of drug-likeness (QED) is 0.493. The molecule has 4 rings (SSSR count). The van der Waals surface area contributed by atoms with Crippen molar-refractivity contribution in [3.63, 3.8) is 0 Å². The summed E-state index contributed by atoms with van der Waals surface area (Å²) in [6.45, 7) is 3.58. The largest absolute Gasteiger partial charge is 0.481 e. The molecular formula is C23H22N2O3. The van der Waals surface area contributed by atoms with Gasteiger partial charge in [-0.05, 0) is 43.5 Å². The lowest BCUT2D eigenvalue weighted by atomic mass is 9.84. The number of carboxylic acid groups (broad SMARTS) is 1. The molecule has 0 radical (unpaired) electrons. The van der Waals surface area contributed by atoms with Gasteiger partial charge in [0.2, 0.25) is 0 Å². The molecule has 28 heavy (non-hydrogen) atoms. The fraction of sp³-hybridized carbons (Fsp3) is 0.217. The molecule has 1 unspecified atom stereocenters. The second kappa shape index (κ2) is 7.09. The molecule has 2 heterocycles. The van der Waals surface area contributed by atoms with Crippen LogP contribution in [-0.4, -0.2) is 21.0 Å². The van der Waals surface area contributed by atoms with E-state index in [2.05, 4.69) is 9.97 Å². The van der Waals surface area contributed by atoms with Gasteiger partial charge in [-0.1, -0.05) is 42.5 Å². The maximum atomic E-state index is 11.9. The average molecular weight is 374 g/mol.